The summed E-state index contributed by atoms with van der Waals surface area (Å²) in [5, 5.41) is -0.988. The van der Waals surface area contributed by atoms with E-state index in [-0.39, 0.29) is 0 Å². The molecule has 0 unspecified atom stereocenters. The molecule has 0 spiro atoms. The Morgan fingerprint density at radius 2 is 1.24 bits per heavy atom. The SMILES string of the molecule is O=S(=O)(O)c1ccc2c(Oc3c(F)c(F)c(C(F)(F)C(F)=C(F)F)c(F)c3F)cc(S(=O)(=O)O)cc2c1. The van der Waals surface area contributed by atoms with Crippen LogP contribution in [0.4, 0.5) is 39.5 Å². The van der Waals surface area contributed by atoms with Crippen molar-refractivity contribution in [3.05, 3.63) is 71.1 Å². The van der Waals surface area contributed by atoms with Crippen LogP contribution in [0.25, 0.3) is 10.8 Å². The van der Waals surface area contributed by atoms with Gasteiger partial charge in [-0.15, -0.1) is 0 Å². The van der Waals surface area contributed by atoms with Crippen molar-refractivity contribution in [3.63, 3.8) is 0 Å². The van der Waals surface area contributed by atoms with E-state index in [0.717, 1.165) is 6.07 Å². The Balaban J connectivity index is 2.33. The number of ether oxygens (including phenoxy) is 1. The lowest BCUT2D eigenvalue weighted by molar-refractivity contribution is -0.00242. The molecule has 0 aliphatic rings. The smallest absolute Gasteiger partial charge is 0.335 e. The average Bonchev–Trinajstić information content (AvgIpc) is 2.78. The zero-order chi connectivity index (χ0) is 28.2. The topological polar surface area (TPSA) is 118 Å². The van der Waals surface area contributed by atoms with E-state index < -0.39 is 99.0 Å². The molecule has 200 valence electrons. The van der Waals surface area contributed by atoms with Crippen LogP contribution in [0.5, 0.6) is 11.5 Å². The van der Waals surface area contributed by atoms with Crippen LogP contribution in [0.15, 0.2) is 52.0 Å². The van der Waals surface area contributed by atoms with Gasteiger partial charge in [0, 0.05) is 11.5 Å². The maximum absolute atomic E-state index is 14.5. The summed E-state index contributed by atoms with van der Waals surface area (Å²) in [6.45, 7) is 0. The van der Waals surface area contributed by atoms with Gasteiger partial charge in [-0.2, -0.15) is 47.6 Å². The van der Waals surface area contributed by atoms with Gasteiger partial charge in [-0.25, -0.2) is 8.78 Å². The summed E-state index contributed by atoms with van der Waals surface area (Å²) >= 11 is 0. The van der Waals surface area contributed by atoms with Crippen LogP contribution < -0.4 is 4.74 Å². The van der Waals surface area contributed by atoms with Crippen molar-refractivity contribution in [2.24, 2.45) is 0 Å². The van der Waals surface area contributed by atoms with E-state index >= 15 is 0 Å². The van der Waals surface area contributed by atoms with Crippen LogP contribution in [0.2, 0.25) is 0 Å². The minimum absolute atomic E-state index is 0.322. The first-order valence-electron chi connectivity index (χ1n) is 8.94. The number of fused-ring (bicyclic) bond motifs is 1. The number of halogens is 9. The highest BCUT2D eigenvalue weighted by Gasteiger charge is 2.48. The van der Waals surface area contributed by atoms with E-state index in [9.17, 15) is 60.9 Å². The Kier molecular flexibility index (Phi) is 7.01. The van der Waals surface area contributed by atoms with Gasteiger partial charge in [-0.05, 0) is 29.7 Å². The second-order valence-electron chi connectivity index (χ2n) is 6.97. The lowest BCUT2D eigenvalue weighted by Crippen LogP contribution is -2.22. The number of benzene rings is 3. The van der Waals surface area contributed by atoms with Crippen molar-refractivity contribution in [1.29, 1.82) is 0 Å². The largest absolute Gasteiger partial charge is 0.450 e. The average molecular weight is 582 g/mol. The Morgan fingerprint density at radius 1 is 0.757 bits per heavy atom. The van der Waals surface area contributed by atoms with Crippen LogP contribution in [-0.4, -0.2) is 25.9 Å². The van der Waals surface area contributed by atoms with Gasteiger partial charge in [0.05, 0.1) is 9.79 Å². The summed E-state index contributed by atoms with van der Waals surface area (Å²) in [4.78, 5) is -1.99. The van der Waals surface area contributed by atoms with E-state index in [1.54, 1.807) is 0 Å². The first-order valence-corrected chi connectivity index (χ1v) is 11.8. The van der Waals surface area contributed by atoms with E-state index in [1.807, 2.05) is 0 Å². The van der Waals surface area contributed by atoms with E-state index in [1.165, 1.54) is 0 Å². The molecule has 0 heterocycles. The molecule has 3 rings (SSSR count). The fourth-order valence-corrected chi connectivity index (χ4v) is 4.04. The molecular formula is C19H7F9O7S2. The van der Waals surface area contributed by atoms with Gasteiger partial charge in [0.15, 0.2) is 11.6 Å². The monoisotopic (exact) mass is 582 g/mol. The minimum Gasteiger partial charge on any atom is -0.450 e. The number of allylic oxidation sites excluding steroid dienone is 1. The third kappa shape index (κ3) is 5.09. The molecule has 18 heteroatoms. The molecule has 7 nitrogen and oxygen atoms in total. The molecule has 0 bridgehead atoms. The lowest BCUT2D eigenvalue weighted by atomic mass is 10.0. The second-order valence-corrected chi connectivity index (χ2v) is 9.81. The summed E-state index contributed by atoms with van der Waals surface area (Å²) in [7, 11) is -10.1. The van der Waals surface area contributed by atoms with Crippen molar-refractivity contribution in [1.82, 2.24) is 0 Å². The van der Waals surface area contributed by atoms with Gasteiger partial charge >= 0.3 is 12.0 Å². The maximum atomic E-state index is 14.5. The highest BCUT2D eigenvalue weighted by Crippen LogP contribution is 2.45. The van der Waals surface area contributed by atoms with Crippen LogP contribution >= 0.6 is 0 Å². The Morgan fingerprint density at radius 3 is 1.70 bits per heavy atom. The molecule has 0 fully saturated rings. The molecule has 3 aromatic rings. The molecule has 0 radical (unpaired) electrons. The summed E-state index contributed by atoms with van der Waals surface area (Å²) in [5.74, 6) is -24.5. The molecule has 37 heavy (non-hydrogen) atoms. The number of rotatable bonds is 6. The van der Waals surface area contributed by atoms with Gasteiger partial charge in [-0.1, -0.05) is 0 Å². The third-order valence-electron chi connectivity index (χ3n) is 4.65. The second kappa shape index (κ2) is 9.19. The lowest BCUT2D eigenvalue weighted by Gasteiger charge is -2.19. The number of hydrogen-bond acceptors (Lipinski definition) is 5. The first-order chi connectivity index (χ1) is 16.8. The molecule has 0 aliphatic carbocycles. The zero-order valence-corrected chi connectivity index (χ0v) is 18.7. The standard InChI is InChI=1S/C19H7F9O7S2/c20-12-11(19(27,28)17(24)18(25)26)13(21)15(23)16(14(12)22)35-10-5-8(37(32,33)34)4-6-3-7(36(29,30)31)1-2-9(6)10/h1-5H,(H,29,30,31)(H,32,33,34). The Hall–Kier alpha value is -3.35. The molecule has 0 aromatic heterocycles. The normalized spacial score (nSPS) is 12.6. The molecule has 2 N–H and O–H groups in total. The van der Waals surface area contributed by atoms with Crippen molar-refractivity contribution in [3.8, 4) is 11.5 Å². The minimum atomic E-state index is -5.88. The van der Waals surface area contributed by atoms with Crippen LogP contribution in [-0.2, 0) is 26.2 Å². The molecule has 0 saturated carbocycles. The molecular weight excluding hydrogens is 575 g/mol. The van der Waals surface area contributed by atoms with E-state index in [0.29, 0.717) is 24.3 Å². The molecule has 0 amide bonds. The fourth-order valence-electron chi connectivity index (χ4n) is 3.00. The highest BCUT2D eigenvalue weighted by molar-refractivity contribution is 7.86. The Labute approximate surface area is 199 Å². The van der Waals surface area contributed by atoms with E-state index in [4.69, 9.17) is 4.55 Å². The van der Waals surface area contributed by atoms with Gasteiger partial charge in [0.25, 0.3) is 20.2 Å². The summed E-state index contributed by atoms with van der Waals surface area (Å²) < 4.78 is 192. The van der Waals surface area contributed by atoms with Crippen LogP contribution in [0.3, 0.4) is 0 Å². The predicted molar refractivity (Wildman–Crippen MR) is 104 cm³/mol. The number of alkyl halides is 2. The van der Waals surface area contributed by atoms with Crippen molar-refractivity contribution in [2.45, 2.75) is 15.7 Å². The molecule has 3 aromatic carbocycles. The predicted octanol–water partition coefficient (Wildman–Crippen LogP) is 5.85. The van der Waals surface area contributed by atoms with Crippen LogP contribution in [0.1, 0.15) is 5.56 Å². The summed E-state index contributed by atoms with van der Waals surface area (Å²) in [5.41, 5.74) is -3.07. The molecule has 0 atom stereocenters. The van der Waals surface area contributed by atoms with Crippen LogP contribution in [0, 0.1) is 23.3 Å². The first kappa shape index (κ1) is 28.2. The van der Waals surface area contributed by atoms with E-state index in [2.05, 4.69) is 4.74 Å². The van der Waals surface area contributed by atoms with Crippen molar-refractivity contribution >= 4 is 31.0 Å². The quantitative estimate of drug-likeness (QED) is 0.213. The maximum Gasteiger partial charge on any atom is 0.335 e. The summed E-state index contributed by atoms with van der Waals surface area (Å²) in [6, 6.07) is 2.91. The molecule has 0 saturated heterocycles. The molecule has 0 aliphatic heterocycles. The number of hydrogen-bond donors (Lipinski definition) is 2. The Bertz CT molecular complexity index is 1660. The van der Waals surface area contributed by atoms with Crippen molar-refractivity contribution < 1.29 is 70.2 Å². The van der Waals surface area contributed by atoms with Crippen molar-refractivity contribution in [2.75, 3.05) is 0 Å². The van der Waals surface area contributed by atoms with Gasteiger partial charge in [0.2, 0.25) is 23.2 Å². The summed E-state index contributed by atoms with van der Waals surface area (Å²) in [6.07, 6.45) is -3.75. The zero-order valence-electron chi connectivity index (χ0n) is 17.0. The third-order valence-corrected chi connectivity index (χ3v) is 6.33. The van der Waals surface area contributed by atoms with Gasteiger partial charge in [0.1, 0.15) is 11.3 Å². The highest BCUT2D eigenvalue weighted by atomic mass is 32.2. The van der Waals surface area contributed by atoms with Gasteiger partial charge in [-0.3, -0.25) is 9.11 Å². The fraction of sp³-hybridized carbons (Fsp3) is 0.0526. The van der Waals surface area contributed by atoms with Gasteiger partial charge < -0.3 is 4.74 Å².